The van der Waals surface area contributed by atoms with Gasteiger partial charge in [-0.25, -0.2) is 9.97 Å². The van der Waals surface area contributed by atoms with Crippen molar-refractivity contribution in [2.45, 2.75) is 18.5 Å². The van der Waals surface area contributed by atoms with Crippen LogP contribution in [0.4, 0.5) is 30.5 Å². The van der Waals surface area contributed by atoms with Crippen LogP contribution in [-0.2, 0) is 11.6 Å². The summed E-state index contributed by atoms with van der Waals surface area (Å²) < 4.78 is 40.3. The van der Waals surface area contributed by atoms with Crippen molar-refractivity contribution in [3.8, 4) is 23.4 Å². The second-order valence-corrected chi connectivity index (χ2v) is 7.89. The number of anilines is 3. The van der Waals surface area contributed by atoms with Crippen molar-refractivity contribution in [2.75, 3.05) is 23.8 Å². The number of nitriles is 2. The average molecular weight is 450 g/mol. The van der Waals surface area contributed by atoms with E-state index in [-0.39, 0.29) is 23.8 Å². The molecule has 33 heavy (non-hydrogen) atoms. The Balaban J connectivity index is 1.77. The first kappa shape index (κ1) is 22.1. The second-order valence-electron chi connectivity index (χ2n) is 7.89. The summed E-state index contributed by atoms with van der Waals surface area (Å²) in [5, 5.41) is 34.2. The third-order valence-electron chi connectivity index (χ3n) is 5.57. The van der Waals surface area contributed by atoms with Gasteiger partial charge >= 0.3 is 6.18 Å². The number of hydrogen-bond acceptors (Lipinski definition) is 7. The molecule has 2 heterocycles. The summed E-state index contributed by atoms with van der Waals surface area (Å²) in [7, 11) is 0. The third-order valence-corrected chi connectivity index (χ3v) is 5.57. The van der Waals surface area contributed by atoms with Crippen LogP contribution >= 0.6 is 0 Å². The Bertz CT molecular complexity index is 1330. The van der Waals surface area contributed by atoms with Crippen LogP contribution in [0.15, 0.2) is 42.6 Å². The zero-order chi connectivity index (χ0) is 23.8. The van der Waals surface area contributed by atoms with Crippen molar-refractivity contribution in [3.63, 3.8) is 0 Å². The fourth-order valence-corrected chi connectivity index (χ4v) is 3.73. The number of hydrogen-bond donors (Lipinski definition) is 3. The van der Waals surface area contributed by atoms with E-state index in [9.17, 15) is 23.5 Å². The van der Waals surface area contributed by atoms with Crippen LogP contribution in [0.25, 0.3) is 11.3 Å². The molecule has 3 aromatic rings. The van der Waals surface area contributed by atoms with Gasteiger partial charge in [-0.15, -0.1) is 0 Å². The van der Waals surface area contributed by atoms with Gasteiger partial charge in [-0.1, -0.05) is 6.92 Å². The van der Waals surface area contributed by atoms with E-state index in [0.29, 0.717) is 29.1 Å². The van der Waals surface area contributed by atoms with Crippen molar-refractivity contribution in [1.29, 1.82) is 10.5 Å². The summed E-state index contributed by atoms with van der Waals surface area (Å²) >= 11 is 0. The number of nitrogens with zero attached hydrogens (tertiary/aromatic N) is 4. The first-order valence-electron chi connectivity index (χ1n) is 9.83. The van der Waals surface area contributed by atoms with Gasteiger partial charge in [-0.3, -0.25) is 0 Å². The highest BCUT2D eigenvalue weighted by Crippen LogP contribution is 2.41. The minimum absolute atomic E-state index is 0.0507. The quantitative estimate of drug-likeness (QED) is 0.542. The van der Waals surface area contributed by atoms with Gasteiger partial charge in [0.15, 0.2) is 0 Å². The summed E-state index contributed by atoms with van der Waals surface area (Å²) in [6, 6.07) is 11.9. The maximum Gasteiger partial charge on any atom is 0.418 e. The zero-order valence-corrected chi connectivity index (χ0v) is 17.3. The number of aromatic nitrogens is 2. The molecule has 0 fully saturated rings. The summed E-state index contributed by atoms with van der Waals surface area (Å²) in [5.41, 5.74) is 0.867. The predicted octanol–water partition coefficient (Wildman–Crippen LogP) is 4.32. The molecule has 0 spiro atoms. The van der Waals surface area contributed by atoms with Crippen LogP contribution in [-0.4, -0.2) is 28.2 Å². The van der Waals surface area contributed by atoms with Crippen molar-refractivity contribution in [3.05, 3.63) is 64.8 Å². The largest absolute Gasteiger partial charge is 0.418 e. The van der Waals surface area contributed by atoms with Gasteiger partial charge < -0.3 is 15.7 Å². The van der Waals surface area contributed by atoms with E-state index in [0.717, 1.165) is 23.8 Å². The smallest absolute Gasteiger partial charge is 0.395 e. The maximum atomic E-state index is 13.4. The Morgan fingerprint density at radius 2 is 1.97 bits per heavy atom. The van der Waals surface area contributed by atoms with Gasteiger partial charge in [-0.2, -0.15) is 23.7 Å². The lowest BCUT2D eigenvalue weighted by Crippen LogP contribution is -2.28. The fourth-order valence-electron chi connectivity index (χ4n) is 3.73. The van der Waals surface area contributed by atoms with E-state index in [1.54, 1.807) is 18.2 Å². The Hall–Kier alpha value is -4.15. The lowest BCUT2D eigenvalue weighted by Gasteiger charge is -2.21. The molecule has 0 saturated carbocycles. The minimum Gasteiger partial charge on any atom is -0.395 e. The Morgan fingerprint density at radius 1 is 1.18 bits per heavy atom. The van der Waals surface area contributed by atoms with Gasteiger partial charge in [0, 0.05) is 23.7 Å². The van der Waals surface area contributed by atoms with Gasteiger partial charge in [-0.05, 0) is 42.0 Å². The maximum absolute atomic E-state index is 13.4. The molecule has 4 rings (SSSR count). The molecular formula is C23H17F3N6O. The molecule has 7 nitrogen and oxygen atoms in total. The number of benzene rings is 2. The van der Waals surface area contributed by atoms with E-state index >= 15 is 0 Å². The number of fused-ring (bicyclic) bond motifs is 1. The van der Waals surface area contributed by atoms with E-state index in [1.807, 2.05) is 13.0 Å². The standard InChI is InChI=1S/C23H17F3N6O/c1-22(12-33)11-30-20-15(10-28)7-14(8-17(20)22)18-4-5-29-21(31-18)32-19-6-13(9-27)2-3-16(19)23(24,25)26/h2-8,30,33H,11-12H2,1H3,(H,29,31,32)/t22-/m1/s1. The summed E-state index contributed by atoms with van der Waals surface area (Å²) in [4.78, 5) is 8.34. The molecule has 0 saturated heterocycles. The van der Waals surface area contributed by atoms with Gasteiger partial charge in [0.1, 0.15) is 6.07 Å². The molecule has 2 aromatic carbocycles. The van der Waals surface area contributed by atoms with Gasteiger partial charge in [0.25, 0.3) is 0 Å². The topological polar surface area (TPSA) is 118 Å². The lowest BCUT2D eigenvalue weighted by atomic mass is 9.83. The first-order chi connectivity index (χ1) is 15.7. The van der Waals surface area contributed by atoms with Crippen molar-refractivity contribution >= 4 is 17.3 Å². The summed E-state index contributed by atoms with van der Waals surface area (Å²) in [6.07, 6.45) is -3.26. The van der Waals surface area contributed by atoms with Crippen LogP contribution in [0.2, 0.25) is 0 Å². The molecular weight excluding hydrogens is 433 g/mol. The molecule has 0 unspecified atom stereocenters. The summed E-state index contributed by atoms with van der Waals surface area (Å²) in [5.74, 6) is -0.102. The molecule has 0 amide bonds. The van der Waals surface area contributed by atoms with Crippen molar-refractivity contribution in [2.24, 2.45) is 0 Å². The highest BCUT2D eigenvalue weighted by molar-refractivity contribution is 5.76. The number of alkyl halides is 3. The molecule has 3 N–H and O–H groups in total. The van der Waals surface area contributed by atoms with Gasteiger partial charge in [0.05, 0.1) is 46.4 Å². The Morgan fingerprint density at radius 3 is 2.64 bits per heavy atom. The molecule has 0 bridgehead atoms. The number of rotatable bonds is 4. The van der Waals surface area contributed by atoms with Crippen LogP contribution in [0.5, 0.6) is 0 Å². The molecule has 0 aliphatic carbocycles. The minimum atomic E-state index is -4.64. The molecule has 166 valence electrons. The third kappa shape index (κ3) is 4.04. The van der Waals surface area contributed by atoms with Gasteiger partial charge in [0.2, 0.25) is 5.95 Å². The molecule has 0 radical (unpaired) electrons. The summed E-state index contributed by atoms with van der Waals surface area (Å²) in [6.45, 7) is 2.20. The Labute approximate surface area is 187 Å². The average Bonchev–Trinajstić information content (AvgIpc) is 3.15. The SMILES string of the molecule is C[C@]1(CO)CNc2c(C#N)cc(-c3ccnc(Nc4cc(C#N)ccc4C(F)(F)F)n3)cc21. The molecule has 1 aliphatic heterocycles. The van der Waals surface area contributed by atoms with E-state index in [1.165, 1.54) is 6.20 Å². The highest BCUT2D eigenvalue weighted by Gasteiger charge is 2.36. The second kappa shape index (κ2) is 8.08. The number of halogens is 3. The predicted molar refractivity (Wildman–Crippen MR) is 115 cm³/mol. The zero-order valence-electron chi connectivity index (χ0n) is 17.3. The van der Waals surface area contributed by atoms with E-state index in [2.05, 4.69) is 26.7 Å². The van der Waals surface area contributed by atoms with E-state index < -0.39 is 17.2 Å². The van der Waals surface area contributed by atoms with Crippen LogP contribution < -0.4 is 10.6 Å². The highest BCUT2D eigenvalue weighted by atomic mass is 19.4. The Kier molecular flexibility index (Phi) is 5.40. The normalized spacial score (nSPS) is 16.9. The van der Waals surface area contributed by atoms with Crippen LogP contribution in [0.3, 0.4) is 0 Å². The number of nitrogens with one attached hydrogen (secondary N) is 2. The molecule has 10 heteroatoms. The molecule has 1 aliphatic rings. The first-order valence-corrected chi connectivity index (χ1v) is 9.83. The molecule has 1 atom stereocenters. The number of aliphatic hydroxyl groups is 1. The van der Waals surface area contributed by atoms with E-state index in [4.69, 9.17) is 5.26 Å². The van der Waals surface area contributed by atoms with Crippen molar-refractivity contribution < 1.29 is 18.3 Å². The van der Waals surface area contributed by atoms with Crippen molar-refractivity contribution in [1.82, 2.24) is 9.97 Å². The number of aliphatic hydroxyl groups excluding tert-OH is 1. The van der Waals surface area contributed by atoms with Crippen LogP contribution in [0, 0.1) is 22.7 Å². The fraction of sp³-hybridized carbons (Fsp3) is 0.217. The lowest BCUT2D eigenvalue weighted by molar-refractivity contribution is -0.136. The molecule has 1 aromatic heterocycles. The monoisotopic (exact) mass is 450 g/mol. The van der Waals surface area contributed by atoms with Crippen LogP contribution in [0.1, 0.15) is 29.2 Å².